The lowest BCUT2D eigenvalue weighted by molar-refractivity contribution is -0.124. The molecule has 1 fully saturated rings. The number of rotatable bonds is 7. The number of hydrogen-bond acceptors (Lipinski definition) is 5. The molecular formula is C23H22N2O3S. The van der Waals surface area contributed by atoms with E-state index in [2.05, 4.69) is 22.4 Å². The number of amides is 1. The smallest absolute Gasteiger partial charge is 0.358 e. The van der Waals surface area contributed by atoms with Crippen molar-refractivity contribution >= 4 is 23.2 Å². The van der Waals surface area contributed by atoms with Crippen LogP contribution in [-0.4, -0.2) is 30.0 Å². The van der Waals surface area contributed by atoms with Gasteiger partial charge in [0.15, 0.2) is 12.3 Å². The Morgan fingerprint density at radius 1 is 1.10 bits per heavy atom. The van der Waals surface area contributed by atoms with Crippen LogP contribution in [0.2, 0.25) is 0 Å². The number of hydrogen-bond donors (Lipinski definition) is 1. The molecule has 2 aromatic carbocycles. The van der Waals surface area contributed by atoms with Gasteiger partial charge in [0, 0.05) is 22.9 Å². The first-order chi connectivity index (χ1) is 14.1. The van der Waals surface area contributed by atoms with E-state index in [1.54, 1.807) is 5.38 Å². The summed E-state index contributed by atoms with van der Waals surface area (Å²) in [6.45, 7) is 2.27. The summed E-state index contributed by atoms with van der Waals surface area (Å²) in [6, 6.07) is 18.1. The largest absolute Gasteiger partial charge is 0.451 e. The van der Waals surface area contributed by atoms with Crippen LogP contribution in [0.15, 0.2) is 60.0 Å². The van der Waals surface area contributed by atoms with Crippen molar-refractivity contribution in [2.75, 3.05) is 13.2 Å². The highest BCUT2D eigenvalue weighted by Crippen LogP contribution is 2.47. The molecule has 1 aliphatic rings. The SMILES string of the molecule is Cc1ccc(-c2nc(C(=O)OCC(=O)NCC3(c4ccccc4)CC3)cs2)cc1. The third-order valence-corrected chi connectivity index (χ3v) is 6.10. The van der Waals surface area contributed by atoms with E-state index >= 15 is 0 Å². The predicted molar refractivity (Wildman–Crippen MR) is 113 cm³/mol. The van der Waals surface area contributed by atoms with Crippen LogP contribution in [0.1, 0.15) is 34.5 Å². The molecule has 29 heavy (non-hydrogen) atoms. The van der Waals surface area contributed by atoms with Crippen molar-refractivity contribution in [1.82, 2.24) is 10.3 Å². The minimum atomic E-state index is -0.584. The van der Waals surface area contributed by atoms with Gasteiger partial charge >= 0.3 is 5.97 Å². The Balaban J connectivity index is 1.28. The summed E-state index contributed by atoms with van der Waals surface area (Å²) in [7, 11) is 0. The fourth-order valence-electron chi connectivity index (χ4n) is 3.23. The fraction of sp³-hybridized carbons (Fsp3) is 0.261. The van der Waals surface area contributed by atoms with Gasteiger partial charge in [-0.1, -0.05) is 60.2 Å². The topological polar surface area (TPSA) is 68.3 Å². The van der Waals surface area contributed by atoms with E-state index in [1.807, 2.05) is 49.4 Å². The Morgan fingerprint density at radius 3 is 2.52 bits per heavy atom. The summed E-state index contributed by atoms with van der Waals surface area (Å²) in [4.78, 5) is 28.7. The molecule has 1 heterocycles. The molecule has 0 radical (unpaired) electrons. The highest BCUT2D eigenvalue weighted by atomic mass is 32.1. The average molecular weight is 407 g/mol. The minimum Gasteiger partial charge on any atom is -0.451 e. The molecule has 0 unspecified atom stereocenters. The molecular weight excluding hydrogens is 384 g/mol. The summed E-state index contributed by atoms with van der Waals surface area (Å²) in [6.07, 6.45) is 2.11. The van der Waals surface area contributed by atoms with Crippen molar-refractivity contribution in [3.63, 3.8) is 0 Å². The molecule has 0 bridgehead atoms. The molecule has 3 aromatic rings. The van der Waals surface area contributed by atoms with Gasteiger partial charge in [-0.15, -0.1) is 11.3 Å². The zero-order chi connectivity index (χ0) is 20.3. The zero-order valence-electron chi connectivity index (χ0n) is 16.2. The van der Waals surface area contributed by atoms with Gasteiger partial charge in [0.05, 0.1) is 0 Å². The standard InChI is InChI=1S/C23H22N2O3S/c1-16-7-9-17(10-8-16)21-25-19(14-29-21)22(27)28-13-20(26)24-15-23(11-12-23)18-5-3-2-4-6-18/h2-10,14H,11-13,15H2,1H3,(H,24,26). The molecule has 1 aromatic heterocycles. The number of benzene rings is 2. The number of ether oxygens (including phenoxy) is 1. The molecule has 1 amide bonds. The van der Waals surface area contributed by atoms with E-state index in [0.29, 0.717) is 6.54 Å². The van der Waals surface area contributed by atoms with E-state index in [4.69, 9.17) is 4.74 Å². The number of carbonyl (C=O) groups is 2. The molecule has 4 rings (SSSR count). The van der Waals surface area contributed by atoms with Crippen LogP contribution < -0.4 is 5.32 Å². The van der Waals surface area contributed by atoms with Gasteiger partial charge in [0.2, 0.25) is 0 Å². The molecule has 148 valence electrons. The molecule has 0 atom stereocenters. The third-order valence-electron chi connectivity index (χ3n) is 5.21. The second kappa shape index (κ2) is 8.17. The van der Waals surface area contributed by atoms with Crippen LogP contribution >= 0.6 is 11.3 Å². The molecule has 0 spiro atoms. The van der Waals surface area contributed by atoms with Gasteiger partial charge in [-0.25, -0.2) is 9.78 Å². The van der Waals surface area contributed by atoms with Gasteiger partial charge in [-0.3, -0.25) is 4.79 Å². The van der Waals surface area contributed by atoms with Crippen molar-refractivity contribution in [3.05, 3.63) is 76.8 Å². The summed E-state index contributed by atoms with van der Waals surface area (Å²) in [5.74, 6) is -0.881. The van der Waals surface area contributed by atoms with E-state index in [9.17, 15) is 9.59 Å². The van der Waals surface area contributed by atoms with Crippen LogP contribution in [0.25, 0.3) is 10.6 Å². The van der Waals surface area contributed by atoms with Crippen LogP contribution in [0.3, 0.4) is 0 Å². The second-order valence-corrected chi connectivity index (χ2v) is 8.26. The summed E-state index contributed by atoms with van der Waals surface area (Å²) in [5.41, 5.74) is 3.60. The second-order valence-electron chi connectivity index (χ2n) is 7.40. The fourth-order valence-corrected chi connectivity index (χ4v) is 4.03. The third kappa shape index (κ3) is 4.54. The van der Waals surface area contributed by atoms with E-state index in [0.717, 1.165) is 29.0 Å². The number of aryl methyl sites for hydroxylation is 1. The lowest BCUT2D eigenvalue weighted by atomic mass is 9.96. The maximum Gasteiger partial charge on any atom is 0.358 e. The highest BCUT2D eigenvalue weighted by molar-refractivity contribution is 7.13. The average Bonchev–Trinajstić information content (AvgIpc) is 3.39. The lowest BCUT2D eigenvalue weighted by Crippen LogP contribution is -2.35. The number of carbonyl (C=O) groups excluding carboxylic acids is 2. The summed E-state index contributed by atoms with van der Waals surface area (Å²) < 4.78 is 5.14. The maximum atomic E-state index is 12.2. The summed E-state index contributed by atoms with van der Waals surface area (Å²) in [5, 5.41) is 5.30. The Kier molecular flexibility index (Phi) is 5.45. The van der Waals surface area contributed by atoms with Crippen molar-refractivity contribution < 1.29 is 14.3 Å². The Labute approximate surface area is 173 Å². The minimum absolute atomic E-state index is 0.0266. The van der Waals surface area contributed by atoms with Crippen LogP contribution in [-0.2, 0) is 14.9 Å². The maximum absolute atomic E-state index is 12.2. The predicted octanol–water partition coefficient (Wildman–Crippen LogP) is 4.12. The number of thiazole rings is 1. The first-order valence-electron chi connectivity index (χ1n) is 9.58. The zero-order valence-corrected chi connectivity index (χ0v) is 17.0. The van der Waals surface area contributed by atoms with Gasteiger partial charge in [-0.2, -0.15) is 0 Å². The number of nitrogens with one attached hydrogen (secondary N) is 1. The Morgan fingerprint density at radius 2 is 1.83 bits per heavy atom. The molecule has 1 saturated carbocycles. The van der Waals surface area contributed by atoms with Crippen LogP contribution in [0, 0.1) is 6.92 Å². The van der Waals surface area contributed by atoms with Crippen LogP contribution in [0.5, 0.6) is 0 Å². The lowest BCUT2D eigenvalue weighted by Gasteiger charge is -2.16. The summed E-state index contributed by atoms with van der Waals surface area (Å²) >= 11 is 1.38. The molecule has 1 aliphatic carbocycles. The van der Waals surface area contributed by atoms with Crippen molar-refractivity contribution in [2.45, 2.75) is 25.2 Å². The number of aromatic nitrogens is 1. The highest BCUT2D eigenvalue weighted by Gasteiger charge is 2.44. The van der Waals surface area contributed by atoms with E-state index < -0.39 is 5.97 Å². The monoisotopic (exact) mass is 406 g/mol. The first kappa shape index (κ1) is 19.3. The van der Waals surface area contributed by atoms with Gasteiger partial charge in [0.25, 0.3) is 5.91 Å². The molecule has 1 N–H and O–H groups in total. The van der Waals surface area contributed by atoms with E-state index in [1.165, 1.54) is 16.9 Å². The normalized spacial score (nSPS) is 14.2. The molecule has 0 saturated heterocycles. The number of esters is 1. The van der Waals surface area contributed by atoms with Gasteiger partial charge in [-0.05, 0) is 25.3 Å². The van der Waals surface area contributed by atoms with Crippen molar-refractivity contribution in [2.24, 2.45) is 0 Å². The molecule has 6 heteroatoms. The first-order valence-corrected chi connectivity index (χ1v) is 10.5. The quantitative estimate of drug-likeness (QED) is 0.599. The Hall–Kier alpha value is -2.99. The van der Waals surface area contributed by atoms with Crippen molar-refractivity contribution in [3.8, 4) is 10.6 Å². The van der Waals surface area contributed by atoms with Gasteiger partial charge in [0.1, 0.15) is 5.01 Å². The van der Waals surface area contributed by atoms with Crippen LogP contribution in [0.4, 0.5) is 0 Å². The number of nitrogens with zero attached hydrogens (tertiary/aromatic N) is 1. The molecule has 5 nitrogen and oxygen atoms in total. The van der Waals surface area contributed by atoms with Gasteiger partial charge < -0.3 is 10.1 Å². The Bertz CT molecular complexity index is 1010. The van der Waals surface area contributed by atoms with E-state index in [-0.39, 0.29) is 23.6 Å². The molecule has 0 aliphatic heterocycles. The van der Waals surface area contributed by atoms with Crippen molar-refractivity contribution in [1.29, 1.82) is 0 Å².